The Hall–Kier alpha value is -2.08. The van der Waals surface area contributed by atoms with Crippen LogP contribution in [0.2, 0.25) is 0 Å². The Kier molecular flexibility index (Phi) is 6.40. The number of hydrogen-bond acceptors (Lipinski definition) is 4. The first-order valence-corrected chi connectivity index (χ1v) is 8.08. The van der Waals surface area contributed by atoms with E-state index in [0.29, 0.717) is 0 Å². The standard InChI is InChI=1S/C17H25N3O3/c1-2-13-4-3-5-15(10-13)23-12-17(22)19-14-6-8-20(9-7-14)11-16(18)21/h3-5,10,14H,2,6-9,11-12H2,1H3,(H2,18,21)(H,19,22). The largest absolute Gasteiger partial charge is 0.484 e. The Balaban J connectivity index is 1.70. The number of primary amides is 1. The number of benzene rings is 1. The van der Waals surface area contributed by atoms with Gasteiger partial charge in [-0.2, -0.15) is 0 Å². The Bertz CT molecular complexity index is 540. The second-order valence-electron chi connectivity index (χ2n) is 5.87. The molecule has 1 heterocycles. The van der Waals surface area contributed by atoms with Crippen molar-refractivity contribution in [3.8, 4) is 5.75 Å². The van der Waals surface area contributed by atoms with E-state index in [1.54, 1.807) is 0 Å². The van der Waals surface area contributed by atoms with Gasteiger partial charge in [-0.05, 0) is 37.0 Å². The Morgan fingerprint density at radius 2 is 2.09 bits per heavy atom. The van der Waals surface area contributed by atoms with Crippen LogP contribution in [0.3, 0.4) is 0 Å². The molecule has 23 heavy (non-hydrogen) atoms. The lowest BCUT2D eigenvalue weighted by Crippen LogP contribution is -2.47. The van der Waals surface area contributed by atoms with Crippen molar-refractivity contribution in [2.24, 2.45) is 5.73 Å². The van der Waals surface area contributed by atoms with Crippen LogP contribution >= 0.6 is 0 Å². The van der Waals surface area contributed by atoms with Gasteiger partial charge in [-0.3, -0.25) is 14.5 Å². The van der Waals surface area contributed by atoms with Crippen LogP contribution in [-0.4, -0.2) is 49.0 Å². The van der Waals surface area contributed by atoms with Gasteiger partial charge in [0.2, 0.25) is 5.91 Å². The molecular weight excluding hydrogens is 294 g/mol. The maximum atomic E-state index is 12.0. The zero-order chi connectivity index (χ0) is 16.7. The summed E-state index contributed by atoms with van der Waals surface area (Å²) in [5.41, 5.74) is 6.37. The third-order valence-electron chi connectivity index (χ3n) is 4.01. The first kappa shape index (κ1) is 17.3. The number of hydrogen-bond donors (Lipinski definition) is 2. The van der Waals surface area contributed by atoms with Crippen LogP contribution in [0, 0.1) is 0 Å². The molecule has 6 nitrogen and oxygen atoms in total. The monoisotopic (exact) mass is 319 g/mol. The SMILES string of the molecule is CCc1cccc(OCC(=O)NC2CCN(CC(N)=O)CC2)c1. The van der Waals surface area contributed by atoms with E-state index in [2.05, 4.69) is 12.2 Å². The third-order valence-corrected chi connectivity index (χ3v) is 4.01. The van der Waals surface area contributed by atoms with Gasteiger partial charge in [0.15, 0.2) is 6.61 Å². The van der Waals surface area contributed by atoms with E-state index in [-0.39, 0.29) is 31.0 Å². The summed E-state index contributed by atoms with van der Waals surface area (Å²) in [6, 6.07) is 7.91. The van der Waals surface area contributed by atoms with Crippen LogP contribution in [0.5, 0.6) is 5.75 Å². The van der Waals surface area contributed by atoms with Crippen molar-refractivity contribution in [1.82, 2.24) is 10.2 Å². The molecule has 0 aromatic heterocycles. The van der Waals surface area contributed by atoms with Crippen LogP contribution in [0.25, 0.3) is 0 Å². The van der Waals surface area contributed by atoms with Crippen LogP contribution in [-0.2, 0) is 16.0 Å². The number of nitrogens with two attached hydrogens (primary N) is 1. The minimum Gasteiger partial charge on any atom is -0.484 e. The number of aryl methyl sites for hydroxylation is 1. The van der Waals surface area contributed by atoms with Gasteiger partial charge >= 0.3 is 0 Å². The molecule has 1 aliphatic rings. The first-order valence-electron chi connectivity index (χ1n) is 8.08. The van der Waals surface area contributed by atoms with Crippen molar-refractivity contribution in [3.05, 3.63) is 29.8 Å². The molecular formula is C17H25N3O3. The average Bonchev–Trinajstić information content (AvgIpc) is 2.54. The lowest BCUT2D eigenvalue weighted by molar-refractivity contribution is -0.124. The van der Waals surface area contributed by atoms with E-state index < -0.39 is 0 Å². The quantitative estimate of drug-likeness (QED) is 0.774. The highest BCUT2D eigenvalue weighted by Crippen LogP contribution is 2.14. The number of rotatable bonds is 7. The molecule has 0 saturated carbocycles. The maximum Gasteiger partial charge on any atom is 0.258 e. The smallest absolute Gasteiger partial charge is 0.258 e. The van der Waals surface area contributed by atoms with Crippen molar-refractivity contribution in [2.75, 3.05) is 26.2 Å². The number of likely N-dealkylation sites (tertiary alicyclic amines) is 1. The molecule has 0 radical (unpaired) electrons. The molecule has 3 N–H and O–H groups in total. The fourth-order valence-electron chi connectivity index (χ4n) is 2.73. The molecule has 6 heteroatoms. The second-order valence-corrected chi connectivity index (χ2v) is 5.87. The van der Waals surface area contributed by atoms with Crippen LogP contribution in [0.4, 0.5) is 0 Å². The summed E-state index contributed by atoms with van der Waals surface area (Å²) < 4.78 is 5.54. The Morgan fingerprint density at radius 1 is 1.35 bits per heavy atom. The lowest BCUT2D eigenvalue weighted by Gasteiger charge is -2.31. The fraction of sp³-hybridized carbons (Fsp3) is 0.529. The fourth-order valence-corrected chi connectivity index (χ4v) is 2.73. The van der Waals surface area contributed by atoms with Gasteiger partial charge < -0.3 is 15.8 Å². The third kappa shape index (κ3) is 5.90. The van der Waals surface area contributed by atoms with Crippen molar-refractivity contribution in [3.63, 3.8) is 0 Å². The van der Waals surface area contributed by atoms with E-state index in [9.17, 15) is 9.59 Å². The number of nitrogens with one attached hydrogen (secondary N) is 1. The van der Waals surface area contributed by atoms with Crippen molar-refractivity contribution in [2.45, 2.75) is 32.2 Å². The summed E-state index contributed by atoms with van der Waals surface area (Å²) in [5, 5.41) is 2.98. The molecule has 0 unspecified atom stereocenters. The number of piperidine rings is 1. The Labute approximate surface area is 137 Å². The van der Waals surface area contributed by atoms with E-state index in [4.69, 9.17) is 10.5 Å². The lowest BCUT2D eigenvalue weighted by atomic mass is 10.1. The predicted octanol–water partition coefficient (Wildman–Crippen LogP) is 0.694. The summed E-state index contributed by atoms with van der Waals surface area (Å²) in [6.07, 6.45) is 2.59. The van der Waals surface area contributed by atoms with Gasteiger partial charge in [-0.25, -0.2) is 0 Å². The molecule has 0 bridgehead atoms. The summed E-state index contributed by atoms with van der Waals surface area (Å²) in [7, 11) is 0. The molecule has 0 atom stereocenters. The maximum absolute atomic E-state index is 12.0. The van der Waals surface area contributed by atoms with Gasteiger partial charge in [0.1, 0.15) is 5.75 Å². The normalized spacial score (nSPS) is 16.0. The molecule has 126 valence electrons. The number of ether oxygens (including phenoxy) is 1. The molecule has 1 aromatic carbocycles. The topological polar surface area (TPSA) is 84.7 Å². The zero-order valence-electron chi connectivity index (χ0n) is 13.6. The summed E-state index contributed by atoms with van der Waals surface area (Å²) in [5.74, 6) is 0.297. The van der Waals surface area contributed by atoms with Gasteiger partial charge in [0.25, 0.3) is 5.91 Å². The zero-order valence-corrected chi connectivity index (χ0v) is 13.6. The van der Waals surface area contributed by atoms with Crippen molar-refractivity contribution >= 4 is 11.8 Å². The van der Waals surface area contributed by atoms with E-state index in [0.717, 1.165) is 38.1 Å². The molecule has 1 aliphatic heterocycles. The van der Waals surface area contributed by atoms with Crippen molar-refractivity contribution in [1.29, 1.82) is 0 Å². The average molecular weight is 319 g/mol. The summed E-state index contributed by atoms with van der Waals surface area (Å²) >= 11 is 0. The summed E-state index contributed by atoms with van der Waals surface area (Å²) in [6.45, 7) is 3.93. The highest BCUT2D eigenvalue weighted by Gasteiger charge is 2.21. The highest BCUT2D eigenvalue weighted by atomic mass is 16.5. The predicted molar refractivity (Wildman–Crippen MR) is 88.1 cm³/mol. The second kappa shape index (κ2) is 8.53. The minimum atomic E-state index is -0.310. The Morgan fingerprint density at radius 3 is 2.74 bits per heavy atom. The van der Waals surface area contributed by atoms with Crippen molar-refractivity contribution < 1.29 is 14.3 Å². The number of amides is 2. The van der Waals surface area contributed by atoms with Crippen LogP contribution in [0.1, 0.15) is 25.3 Å². The molecule has 2 amide bonds. The van der Waals surface area contributed by atoms with Crippen LogP contribution in [0.15, 0.2) is 24.3 Å². The number of carbonyl (C=O) groups is 2. The molecule has 0 spiro atoms. The van der Waals surface area contributed by atoms with E-state index in [1.807, 2.05) is 29.2 Å². The van der Waals surface area contributed by atoms with E-state index in [1.165, 1.54) is 5.56 Å². The molecule has 0 aliphatic carbocycles. The first-order chi connectivity index (χ1) is 11.1. The van der Waals surface area contributed by atoms with Gasteiger partial charge in [-0.1, -0.05) is 19.1 Å². The highest BCUT2D eigenvalue weighted by molar-refractivity contribution is 5.78. The van der Waals surface area contributed by atoms with Gasteiger partial charge in [-0.15, -0.1) is 0 Å². The molecule has 1 saturated heterocycles. The van der Waals surface area contributed by atoms with E-state index >= 15 is 0 Å². The minimum absolute atomic E-state index is 0.0225. The van der Waals surface area contributed by atoms with Gasteiger partial charge in [0.05, 0.1) is 6.54 Å². The summed E-state index contributed by atoms with van der Waals surface area (Å²) in [4.78, 5) is 24.9. The van der Waals surface area contributed by atoms with Crippen LogP contribution < -0.4 is 15.8 Å². The van der Waals surface area contributed by atoms with Gasteiger partial charge in [0, 0.05) is 19.1 Å². The molecule has 1 fully saturated rings. The number of nitrogens with zero attached hydrogens (tertiary/aromatic N) is 1. The number of carbonyl (C=O) groups excluding carboxylic acids is 2. The molecule has 2 rings (SSSR count). The molecule has 1 aromatic rings.